The molecule has 3 aromatic rings. The molecule has 7 heteroatoms. The molecule has 136 valence electrons. The van der Waals surface area contributed by atoms with E-state index in [0.717, 1.165) is 0 Å². The maximum Gasteiger partial charge on any atom is 0.453 e. The number of para-hydroxylation sites is 1. The van der Waals surface area contributed by atoms with E-state index < -0.39 is 23.1 Å². The Morgan fingerprint density at radius 1 is 1.12 bits per heavy atom. The Balaban J connectivity index is 2.30. The fraction of sp³-hybridized carbons (Fsp3) is 0.211. The summed E-state index contributed by atoms with van der Waals surface area (Å²) in [7, 11) is 1.40. The van der Waals surface area contributed by atoms with E-state index in [9.17, 15) is 18.0 Å². The molecule has 0 aliphatic heterocycles. The third kappa shape index (κ3) is 3.24. The molecule has 0 aliphatic carbocycles. The average Bonchev–Trinajstić information content (AvgIpc) is 2.62. The van der Waals surface area contributed by atoms with Crippen LogP contribution in [0.2, 0.25) is 0 Å². The summed E-state index contributed by atoms with van der Waals surface area (Å²) < 4.78 is 55.8. The summed E-state index contributed by atoms with van der Waals surface area (Å²) in [6.45, 7) is 1.84. The monoisotopic (exact) mass is 364 g/mol. The van der Waals surface area contributed by atoms with Crippen LogP contribution in [0.3, 0.4) is 0 Å². The van der Waals surface area contributed by atoms with Gasteiger partial charge < -0.3 is 13.9 Å². The number of ether oxygens (including phenoxy) is 2. The standard InChI is InChI=1S/C19H15F3O4/c1-3-11-9-13-15(10-14(11)24-2)26-18(19(20,21)22)17(16(13)23)25-12-7-5-4-6-8-12/h4-10H,3H2,1-2H3. The first kappa shape index (κ1) is 17.8. The molecule has 1 aromatic heterocycles. The molecule has 26 heavy (non-hydrogen) atoms. The van der Waals surface area contributed by atoms with E-state index in [1.54, 1.807) is 18.2 Å². The van der Waals surface area contributed by atoms with Gasteiger partial charge in [0.1, 0.15) is 17.1 Å². The average molecular weight is 364 g/mol. The fourth-order valence-corrected chi connectivity index (χ4v) is 2.60. The van der Waals surface area contributed by atoms with Crippen LogP contribution in [-0.2, 0) is 12.6 Å². The van der Waals surface area contributed by atoms with Crippen molar-refractivity contribution >= 4 is 11.0 Å². The lowest BCUT2D eigenvalue weighted by atomic mass is 10.1. The molecule has 0 bridgehead atoms. The number of benzene rings is 2. The van der Waals surface area contributed by atoms with E-state index in [1.165, 1.54) is 31.4 Å². The zero-order valence-electron chi connectivity index (χ0n) is 14.0. The van der Waals surface area contributed by atoms with Crippen molar-refractivity contribution in [1.82, 2.24) is 0 Å². The first-order chi connectivity index (χ1) is 12.3. The number of hydrogen-bond acceptors (Lipinski definition) is 4. The van der Waals surface area contributed by atoms with Crippen molar-refractivity contribution in [3.05, 3.63) is 64.0 Å². The van der Waals surface area contributed by atoms with Crippen molar-refractivity contribution in [3.63, 3.8) is 0 Å². The van der Waals surface area contributed by atoms with Gasteiger partial charge in [-0.2, -0.15) is 13.2 Å². The summed E-state index contributed by atoms with van der Waals surface area (Å²) >= 11 is 0. The maximum atomic E-state index is 13.4. The molecule has 0 aliphatic rings. The van der Waals surface area contributed by atoms with Crippen molar-refractivity contribution in [2.45, 2.75) is 19.5 Å². The Kier molecular flexibility index (Phi) is 4.63. The highest BCUT2D eigenvalue weighted by Crippen LogP contribution is 2.39. The van der Waals surface area contributed by atoms with Crippen LogP contribution in [0.5, 0.6) is 17.2 Å². The molecule has 0 amide bonds. The molecule has 4 nitrogen and oxygen atoms in total. The topological polar surface area (TPSA) is 48.7 Å². The van der Waals surface area contributed by atoms with Gasteiger partial charge in [-0.3, -0.25) is 4.79 Å². The van der Waals surface area contributed by atoms with Crippen LogP contribution >= 0.6 is 0 Å². The molecular formula is C19H15F3O4. The second kappa shape index (κ2) is 6.74. The Labute approximate surface area is 146 Å². The third-order valence-corrected chi connectivity index (χ3v) is 3.85. The van der Waals surface area contributed by atoms with E-state index in [2.05, 4.69) is 0 Å². The number of hydrogen-bond donors (Lipinski definition) is 0. The number of aryl methyl sites for hydroxylation is 1. The van der Waals surface area contributed by atoms with Gasteiger partial charge in [-0.25, -0.2) is 0 Å². The highest BCUT2D eigenvalue weighted by atomic mass is 19.4. The van der Waals surface area contributed by atoms with Gasteiger partial charge in [0.05, 0.1) is 12.5 Å². The Morgan fingerprint density at radius 2 is 1.81 bits per heavy atom. The highest BCUT2D eigenvalue weighted by molar-refractivity contribution is 5.81. The van der Waals surface area contributed by atoms with Gasteiger partial charge in [0.2, 0.25) is 11.2 Å². The van der Waals surface area contributed by atoms with Gasteiger partial charge in [0, 0.05) is 6.07 Å². The lowest BCUT2D eigenvalue weighted by Gasteiger charge is -2.14. The summed E-state index contributed by atoms with van der Waals surface area (Å²) in [4.78, 5) is 12.7. The van der Waals surface area contributed by atoms with Crippen LogP contribution in [0.1, 0.15) is 18.2 Å². The Bertz CT molecular complexity index is 992. The number of fused-ring (bicyclic) bond motifs is 1. The second-order valence-electron chi connectivity index (χ2n) is 5.52. The smallest absolute Gasteiger partial charge is 0.453 e. The van der Waals surface area contributed by atoms with Crippen molar-refractivity contribution in [2.24, 2.45) is 0 Å². The molecule has 0 unspecified atom stereocenters. The lowest BCUT2D eigenvalue weighted by Crippen LogP contribution is -2.15. The molecule has 0 spiro atoms. The first-order valence-corrected chi connectivity index (χ1v) is 7.83. The van der Waals surface area contributed by atoms with Crippen molar-refractivity contribution in [1.29, 1.82) is 0 Å². The van der Waals surface area contributed by atoms with Gasteiger partial charge >= 0.3 is 6.18 Å². The van der Waals surface area contributed by atoms with Crippen molar-refractivity contribution in [2.75, 3.05) is 7.11 Å². The van der Waals surface area contributed by atoms with E-state index in [4.69, 9.17) is 13.9 Å². The van der Waals surface area contributed by atoms with Crippen LogP contribution in [0.25, 0.3) is 11.0 Å². The Hall–Kier alpha value is -2.96. The maximum absolute atomic E-state index is 13.4. The second-order valence-corrected chi connectivity index (χ2v) is 5.52. The zero-order chi connectivity index (χ0) is 18.9. The summed E-state index contributed by atoms with van der Waals surface area (Å²) in [5.74, 6) is -1.91. The van der Waals surface area contributed by atoms with Crippen molar-refractivity contribution < 1.29 is 27.1 Å². The molecule has 3 rings (SSSR count). The van der Waals surface area contributed by atoms with Crippen LogP contribution in [0.15, 0.2) is 51.7 Å². The number of alkyl halides is 3. The van der Waals surface area contributed by atoms with E-state index >= 15 is 0 Å². The molecule has 0 saturated carbocycles. The molecular weight excluding hydrogens is 349 g/mol. The minimum absolute atomic E-state index is 0.00146. The van der Waals surface area contributed by atoms with Crippen LogP contribution in [-0.4, -0.2) is 7.11 Å². The number of rotatable bonds is 4. The normalized spacial score (nSPS) is 11.6. The molecule has 0 radical (unpaired) electrons. The molecule has 0 saturated heterocycles. The van der Waals surface area contributed by atoms with Gasteiger partial charge in [0.25, 0.3) is 5.76 Å². The quantitative estimate of drug-likeness (QED) is 0.640. The predicted octanol–water partition coefficient (Wildman–Crippen LogP) is 5.18. The third-order valence-electron chi connectivity index (χ3n) is 3.85. The van der Waals surface area contributed by atoms with Crippen molar-refractivity contribution in [3.8, 4) is 17.2 Å². The molecule has 1 heterocycles. The SMILES string of the molecule is CCc1cc2c(=O)c(Oc3ccccc3)c(C(F)(F)F)oc2cc1OC. The first-order valence-electron chi connectivity index (χ1n) is 7.83. The summed E-state index contributed by atoms with van der Waals surface area (Å²) in [5, 5.41) is 0.00146. The Morgan fingerprint density at radius 3 is 2.38 bits per heavy atom. The highest BCUT2D eigenvalue weighted by Gasteiger charge is 2.40. The summed E-state index contributed by atoms with van der Waals surface area (Å²) in [6, 6.07) is 10.5. The van der Waals surface area contributed by atoms with Gasteiger partial charge in [-0.05, 0) is 30.2 Å². The van der Waals surface area contributed by atoms with Crippen LogP contribution < -0.4 is 14.9 Å². The largest absolute Gasteiger partial charge is 0.496 e. The minimum atomic E-state index is -4.89. The van der Waals surface area contributed by atoms with Gasteiger partial charge in [-0.1, -0.05) is 25.1 Å². The number of halogens is 3. The summed E-state index contributed by atoms with van der Waals surface area (Å²) in [6.07, 6.45) is -4.36. The van der Waals surface area contributed by atoms with E-state index in [1.807, 2.05) is 6.92 Å². The fourth-order valence-electron chi connectivity index (χ4n) is 2.60. The molecule has 0 fully saturated rings. The van der Waals surface area contributed by atoms with Crippen LogP contribution in [0, 0.1) is 0 Å². The predicted molar refractivity (Wildman–Crippen MR) is 89.9 cm³/mol. The van der Waals surface area contributed by atoms with Gasteiger partial charge in [0.15, 0.2) is 0 Å². The van der Waals surface area contributed by atoms with Gasteiger partial charge in [-0.15, -0.1) is 0 Å². The lowest BCUT2D eigenvalue weighted by molar-refractivity contribution is -0.154. The molecule has 2 aromatic carbocycles. The molecule has 0 N–H and O–H groups in total. The number of methoxy groups -OCH3 is 1. The van der Waals surface area contributed by atoms with E-state index in [-0.39, 0.29) is 16.7 Å². The van der Waals surface area contributed by atoms with Crippen LogP contribution in [0.4, 0.5) is 13.2 Å². The minimum Gasteiger partial charge on any atom is -0.496 e. The zero-order valence-corrected chi connectivity index (χ0v) is 14.0. The van der Waals surface area contributed by atoms with E-state index in [0.29, 0.717) is 17.7 Å². The molecule has 0 atom stereocenters. The summed E-state index contributed by atoms with van der Waals surface area (Å²) in [5.41, 5.74) is -0.422.